The van der Waals surface area contributed by atoms with Crippen LogP contribution in [0.5, 0.6) is 0 Å². The molecule has 2 aromatic rings. The van der Waals surface area contributed by atoms with Crippen molar-refractivity contribution in [2.75, 3.05) is 0 Å². The highest BCUT2D eigenvalue weighted by atomic mass is 35.5. The molecule has 2 rings (SSSR count). The van der Waals surface area contributed by atoms with Gasteiger partial charge in [-0.2, -0.15) is 9.78 Å². The minimum absolute atomic E-state index is 0.141. The minimum atomic E-state index is -1.45. The van der Waals surface area contributed by atoms with Crippen LogP contribution in [0, 0.1) is 0 Å². The number of hydrogen-bond donors (Lipinski definition) is 1. The molecule has 108 valence electrons. The lowest BCUT2D eigenvalue weighted by Gasteiger charge is -2.08. The number of carboxylic acids is 1. The molecule has 21 heavy (non-hydrogen) atoms. The van der Waals surface area contributed by atoms with Crippen LogP contribution in [-0.2, 0) is 0 Å². The van der Waals surface area contributed by atoms with Gasteiger partial charge in [0.25, 0.3) is 5.56 Å². The highest BCUT2D eigenvalue weighted by molar-refractivity contribution is 6.42. The lowest BCUT2D eigenvalue weighted by Crippen LogP contribution is -2.29. The molecule has 1 heterocycles. The Bertz CT molecular complexity index is 814. The van der Waals surface area contributed by atoms with E-state index in [0.717, 1.165) is 10.7 Å². The number of carbonyl (C=O) groups excluding carboxylic acids is 1. The Balaban J connectivity index is 2.78. The van der Waals surface area contributed by atoms with E-state index in [1.165, 1.54) is 25.1 Å². The molecular formula is C13H8Cl2N2O4. The molecule has 0 fully saturated rings. The van der Waals surface area contributed by atoms with Crippen molar-refractivity contribution in [3.8, 4) is 5.69 Å². The van der Waals surface area contributed by atoms with Gasteiger partial charge in [-0.1, -0.05) is 23.2 Å². The fourth-order valence-electron chi connectivity index (χ4n) is 1.61. The van der Waals surface area contributed by atoms with Crippen LogP contribution in [-0.4, -0.2) is 26.6 Å². The summed E-state index contributed by atoms with van der Waals surface area (Å²) in [5.41, 5.74) is -1.36. The zero-order valence-corrected chi connectivity index (χ0v) is 12.1. The van der Waals surface area contributed by atoms with Crippen molar-refractivity contribution >= 4 is 35.0 Å². The third-order valence-corrected chi connectivity index (χ3v) is 3.39. The summed E-state index contributed by atoms with van der Waals surface area (Å²) in [5, 5.41) is 13.3. The molecule has 0 aliphatic carbocycles. The van der Waals surface area contributed by atoms with Gasteiger partial charge in [-0.05, 0) is 24.3 Å². The summed E-state index contributed by atoms with van der Waals surface area (Å²) in [6.45, 7) is 1.22. The van der Waals surface area contributed by atoms with Gasteiger partial charge in [0.05, 0.1) is 15.7 Å². The zero-order valence-electron chi connectivity index (χ0n) is 10.6. The van der Waals surface area contributed by atoms with Gasteiger partial charge in [0, 0.05) is 6.92 Å². The van der Waals surface area contributed by atoms with E-state index < -0.39 is 22.9 Å². The predicted octanol–water partition coefficient (Wildman–Crippen LogP) is 2.44. The van der Waals surface area contributed by atoms with Crippen LogP contribution in [0.3, 0.4) is 0 Å². The summed E-state index contributed by atoms with van der Waals surface area (Å²) < 4.78 is 0.808. The number of aromatic carboxylic acids is 1. The van der Waals surface area contributed by atoms with E-state index >= 15 is 0 Å². The van der Waals surface area contributed by atoms with Crippen LogP contribution in [0.4, 0.5) is 0 Å². The summed E-state index contributed by atoms with van der Waals surface area (Å²) in [6.07, 6.45) is 0. The number of carbonyl (C=O) groups is 2. The average molecular weight is 327 g/mol. The Morgan fingerprint density at radius 3 is 2.38 bits per heavy atom. The van der Waals surface area contributed by atoms with Crippen molar-refractivity contribution in [1.82, 2.24) is 9.78 Å². The van der Waals surface area contributed by atoms with Crippen molar-refractivity contribution < 1.29 is 14.7 Å². The molecule has 0 amide bonds. The molecule has 0 radical (unpaired) electrons. The topological polar surface area (TPSA) is 89.3 Å². The lowest BCUT2D eigenvalue weighted by molar-refractivity contribution is 0.0694. The number of nitrogens with zero attached hydrogens (tertiary/aromatic N) is 2. The fraction of sp³-hybridized carbons (Fsp3) is 0.0769. The maximum absolute atomic E-state index is 12.1. The molecule has 8 heteroatoms. The van der Waals surface area contributed by atoms with Gasteiger partial charge >= 0.3 is 5.97 Å². The molecule has 1 N–H and O–H groups in total. The molecule has 1 aromatic heterocycles. The van der Waals surface area contributed by atoms with Gasteiger partial charge in [0.1, 0.15) is 11.3 Å². The maximum atomic E-state index is 12.1. The summed E-state index contributed by atoms with van der Waals surface area (Å²) in [7, 11) is 0. The predicted molar refractivity (Wildman–Crippen MR) is 76.8 cm³/mol. The monoisotopic (exact) mass is 326 g/mol. The molecule has 0 unspecified atom stereocenters. The van der Waals surface area contributed by atoms with E-state index in [2.05, 4.69) is 5.10 Å². The van der Waals surface area contributed by atoms with Gasteiger partial charge in [-0.3, -0.25) is 9.59 Å². The largest absolute Gasteiger partial charge is 0.477 e. The Morgan fingerprint density at radius 2 is 1.86 bits per heavy atom. The number of rotatable bonds is 3. The highest BCUT2D eigenvalue weighted by Gasteiger charge is 2.17. The molecule has 0 aliphatic rings. The average Bonchev–Trinajstić information content (AvgIpc) is 2.41. The number of aromatic nitrogens is 2. The first-order valence-electron chi connectivity index (χ1n) is 5.65. The summed E-state index contributed by atoms with van der Waals surface area (Å²) in [6, 6.07) is 5.18. The van der Waals surface area contributed by atoms with Crippen LogP contribution >= 0.6 is 23.2 Å². The molecule has 0 saturated heterocycles. The number of benzene rings is 1. The van der Waals surface area contributed by atoms with Crippen LogP contribution in [0.2, 0.25) is 10.0 Å². The fourth-order valence-corrected chi connectivity index (χ4v) is 1.90. The number of halogens is 2. The Labute approximate surface area is 128 Å². The van der Waals surface area contributed by atoms with Gasteiger partial charge in [0.2, 0.25) is 0 Å². The Hall–Kier alpha value is -2.18. The van der Waals surface area contributed by atoms with Gasteiger partial charge in [0.15, 0.2) is 5.78 Å². The normalized spacial score (nSPS) is 10.4. The number of Topliss-reactive ketones (excluding diaryl/α,β-unsaturated/α-hetero) is 1. The first kappa shape index (κ1) is 15.2. The first-order valence-corrected chi connectivity index (χ1v) is 6.41. The Morgan fingerprint density at radius 1 is 1.19 bits per heavy atom. The Kier molecular flexibility index (Phi) is 4.11. The van der Waals surface area contributed by atoms with Crippen LogP contribution in [0.15, 0.2) is 29.1 Å². The second-order valence-corrected chi connectivity index (χ2v) is 4.93. The van der Waals surface area contributed by atoms with Crippen molar-refractivity contribution in [1.29, 1.82) is 0 Å². The molecule has 0 bridgehead atoms. The van der Waals surface area contributed by atoms with Gasteiger partial charge < -0.3 is 5.11 Å². The first-order chi connectivity index (χ1) is 9.81. The van der Waals surface area contributed by atoms with Crippen molar-refractivity contribution in [2.45, 2.75) is 6.92 Å². The van der Waals surface area contributed by atoms with Crippen molar-refractivity contribution in [2.24, 2.45) is 0 Å². The van der Waals surface area contributed by atoms with Crippen LogP contribution in [0.25, 0.3) is 5.69 Å². The molecule has 0 spiro atoms. The molecule has 6 nitrogen and oxygen atoms in total. The number of hydrogen-bond acceptors (Lipinski definition) is 4. The second kappa shape index (κ2) is 5.67. The van der Waals surface area contributed by atoms with Crippen molar-refractivity contribution in [3.05, 3.63) is 55.9 Å². The minimum Gasteiger partial charge on any atom is -0.477 e. The van der Waals surface area contributed by atoms with Crippen LogP contribution in [0.1, 0.15) is 27.8 Å². The van der Waals surface area contributed by atoms with Gasteiger partial charge in [-0.15, -0.1) is 0 Å². The molecule has 0 aliphatic heterocycles. The SMILES string of the molecule is CC(=O)c1cc(C(=O)O)c(=O)n(-c2ccc(Cl)c(Cl)c2)n1. The quantitative estimate of drug-likeness (QED) is 0.875. The molecule has 0 saturated carbocycles. The van der Waals surface area contributed by atoms with Gasteiger partial charge in [-0.25, -0.2) is 4.79 Å². The van der Waals surface area contributed by atoms with E-state index in [4.69, 9.17) is 28.3 Å². The van der Waals surface area contributed by atoms with E-state index in [9.17, 15) is 14.4 Å². The zero-order chi connectivity index (χ0) is 15.7. The van der Waals surface area contributed by atoms with Crippen LogP contribution < -0.4 is 5.56 Å². The van der Waals surface area contributed by atoms with E-state index in [1.807, 2.05) is 0 Å². The van der Waals surface area contributed by atoms with E-state index in [-0.39, 0.29) is 21.4 Å². The molecule has 1 aromatic carbocycles. The van der Waals surface area contributed by atoms with E-state index in [1.54, 1.807) is 0 Å². The second-order valence-electron chi connectivity index (χ2n) is 4.12. The van der Waals surface area contributed by atoms with Crippen molar-refractivity contribution in [3.63, 3.8) is 0 Å². The standard InChI is InChI=1S/C13H8Cl2N2O4/c1-6(18)11-5-8(13(20)21)12(19)17(16-11)7-2-3-9(14)10(15)4-7/h2-5H,1H3,(H,20,21). The summed E-state index contributed by atoms with van der Waals surface area (Å²) >= 11 is 11.6. The number of ketones is 1. The highest BCUT2D eigenvalue weighted by Crippen LogP contribution is 2.23. The molecule has 0 atom stereocenters. The summed E-state index contributed by atoms with van der Waals surface area (Å²) in [4.78, 5) is 34.6. The third kappa shape index (κ3) is 2.96. The summed E-state index contributed by atoms with van der Waals surface area (Å²) in [5.74, 6) is -1.91. The number of carboxylic acid groups (broad SMARTS) is 1. The lowest BCUT2D eigenvalue weighted by atomic mass is 10.2. The molecular weight excluding hydrogens is 319 g/mol. The maximum Gasteiger partial charge on any atom is 0.341 e. The third-order valence-electron chi connectivity index (χ3n) is 2.65. The van der Waals surface area contributed by atoms with E-state index in [0.29, 0.717) is 0 Å². The smallest absolute Gasteiger partial charge is 0.341 e.